The van der Waals surface area contributed by atoms with Crippen LogP contribution in [0.15, 0.2) is 114 Å². The lowest BCUT2D eigenvalue weighted by Gasteiger charge is -2.24. The number of nitrogens with one attached hydrogen (secondary N) is 2. The topological polar surface area (TPSA) is 95.6 Å². The fourth-order valence-corrected chi connectivity index (χ4v) is 6.37. The molecule has 1 saturated heterocycles. The van der Waals surface area contributed by atoms with Gasteiger partial charge in [0, 0.05) is 23.5 Å². The highest BCUT2D eigenvalue weighted by atomic mass is 32.2. The van der Waals surface area contributed by atoms with Crippen LogP contribution in [0.25, 0.3) is 0 Å². The normalized spacial score (nSPS) is 15.3. The highest BCUT2D eigenvalue weighted by molar-refractivity contribution is 8.00. The maximum absolute atomic E-state index is 12.8. The largest absolute Gasteiger partial charge is 0.322 e. The Bertz CT molecular complexity index is 1530. The summed E-state index contributed by atoms with van der Waals surface area (Å²) in [6.07, 6.45) is 0. The zero-order chi connectivity index (χ0) is 26.5. The number of carbonyl (C=O) groups is 2. The molecule has 1 heterocycles. The van der Waals surface area contributed by atoms with Crippen molar-refractivity contribution in [3.63, 3.8) is 0 Å². The van der Waals surface area contributed by atoms with Gasteiger partial charge in [-0.2, -0.15) is 0 Å². The van der Waals surface area contributed by atoms with Gasteiger partial charge in [0.1, 0.15) is 5.37 Å². The van der Waals surface area contributed by atoms with E-state index in [4.69, 9.17) is 0 Å². The van der Waals surface area contributed by atoms with Gasteiger partial charge >= 0.3 is 0 Å². The first-order valence-corrected chi connectivity index (χ1v) is 14.5. The van der Waals surface area contributed by atoms with Crippen LogP contribution >= 0.6 is 11.8 Å². The van der Waals surface area contributed by atoms with Crippen LogP contribution in [0, 0.1) is 0 Å². The van der Waals surface area contributed by atoms with Crippen LogP contribution in [-0.2, 0) is 21.4 Å². The summed E-state index contributed by atoms with van der Waals surface area (Å²) in [4.78, 5) is 27.3. The van der Waals surface area contributed by atoms with Crippen molar-refractivity contribution in [2.75, 3.05) is 15.8 Å². The standard InChI is InChI=1S/C29H25N3O4S2/c33-27-20-37-29(32(27)19-21-7-3-1-4-8-21)23-13-11-22(12-14-23)28(34)30-24-15-17-26(18-16-24)38(35,36)31-25-9-5-2-6-10-25/h1-18,29,31H,19-20H2,(H,30,34). The Morgan fingerprint density at radius 1 is 0.816 bits per heavy atom. The number of nitrogens with zero attached hydrogens (tertiary/aromatic N) is 1. The lowest BCUT2D eigenvalue weighted by molar-refractivity contribution is -0.128. The van der Waals surface area contributed by atoms with Crippen LogP contribution in [0.3, 0.4) is 0 Å². The monoisotopic (exact) mass is 543 g/mol. The van der Waals surface area contributed by atoms with Gasteiger partial charge in [-0.05, 0) is 59.7 Å². The summed E-state index contributed by atoms with van der Waals surface area (Å²) in [5.41, 5.74) is 3.42. The molecule has 0 spiro atoms. The van der Waals surface area contributed by atoms with Gasteiger partial charge in [0.25, 0.3) is 15.9 Å². The molecular weight excluding hydrogens is 518 g/mol. The zero-order valence-corrected chi connectivity index (χ0v) is 21.9. The molecule has 2 amide bonds. The van der Waals surface area contributed by atoms with Crippen molar-refractivity contribution in [2.24, 2.45) is 0 Å². The predicted molar refractivity (Wildman–Crippen MR) is 150 cm³/mol. The number of anilines is 2. The highest BCUT2D eigenvalue weighted by Crippen LogP contribution is 2.39. The minimum atomic E-state index is -3.74. The lowest BCUT2D eigenvalue weighted by atomic mass is 10.1. The summed E-state index contributed by atoms with van der Waals surface area (Å²) in [6, 6.07) is 31.7. The Hall–Kier alpha value is -4.08. The maximum atomic E-state index is 12.8. The number of sulfonamides is 1. The van der Waals surface area contributed by atoms with Crippen molar-refractivity contribution in [1.82, 2.24) is 4.90 Å². The van der Waals surface area contributed by atoms with Crippen LogP contribution in [0.1, 0.15) is 26.9 Å². The molecule has 0 aliphatic carbocycles. The molecule has 1 atom stereocenters. The van der Waals surface area contributed by atoms with Crippen molar-refractivity contribution in [3.05, 3.63) is 126 Å². The number of carbonyl (C=O) groups excluding carboxylic acids is 2. The number of hydrogen-bond donors (Lipinski definition) is 2. The summed E-state index contributed by atoms with van der Waals surface area (Å²) >= 11 is 1.57. The summed E-state index contributed by atoms with van der Waals surface area (Å²) in [7, 11) is -3.74. The third-order valence-electron chi connectivity index (χ3n) is 6.07. The summed E-state index contributed by atoms with van der Waals surface area (Å²) in [5.74, 6) is 0.202. The second kappa shape index (κ2) is 11.1. The van der Waals surface area contributed by atoms with Gasteiger partial charge in [-0.25, -0.2) is 8.42 Å². The van der Waals surface area contributed by atoms with Gasteiger partial charge in [-0.3, -0.25) is 14.3 Å². The van der Waals surface area contributed by atoms with E-state index in [1.807, 2.05) is 47.4 Å². The molecule has 1 unspecified atom stereocenters. The molecule has 0 aromatic heterocycles. The number of thioether (sulfide) groups is 1. The molecule has 192 valence electrons. The first-order valence-electron chi connectivity index (χ1n) is 11.9. The Balaban J connectivity index is 1.23. The van der Waals surface area contributed by atoms with Crippen LogP contribution in [0.4, 0.5) is 11.4 Å². The molecule has 4 aromatic carbocycles. The van der Waals surface area contributed by atoms with Crippen LogP contribution in [-0.4, -0.2) is 30.9 Å². The molecule has 2 N–H and O–H groups in total. The molecule has 7 nitrogen and oxygen atoms in total. The summed E-state index contributed by atoms with van der Waals surface area (Å²) in [6.45, 7) is 0.534. The SMILES string of the molecule is O=C(Nc1ccc(S(=O)(=O)Nc2ccccc2)cc1)c1ccc(C2SCC(=O)N2Cc2ccccc2)cc1. The predicted octanol–water partition coefficient (Wildman–Crippen LogP) is 5.51. The van der Waals surface area contributed by atoms with Gasteiger partial charge in [0.2, 0.25) is 5.91 Å². The van der Waals surface area contributed by atoms with Crippen molar-refractivity contribution < 1.29 is 18.0 Å². The maximum Gasteiger partial charge on any atom is 0.261 e. The highest BCUT2D eigenvalue weighted by Gasteiger charge is 2.32. The van der Waals surface area contributed by atoms with Crippen molar-refractivity contribution in [1.29, 1.82) is 0 Å². The zero-order valence-electron chi connectivity index (χ0n) is 20.3. The van der Waals surface area contributed by atoms with Crippen LogP contribution in [0.5, 0.6) is 0 Å². The summed E-state index contributed by atoms with van der Waals surface area (Å²) in [5, 5.41) is 2.69. The number of rotatable bonds is 8. The molecule has 4 aromatic rings. The second-order valence-corrected chi connectivity index (χ2v) is 11.5. The van der Waals surface area contributed by atoms with E-state index in [1.165, 1.54) is 12.1 Å². The van der Waals surface area contributed by atoms with E-state index in [-0.39, 0.29) is 22.1 Å². The average molecular weight is 544 g/mol. The van der Waals surface area contributed by atoms with Crippen LogP contribution in [0.2, 0.25) is 0 Å². The van der Waals surface area contributed by atoms with Gasteiger partial charge in [0.05, 0.1) is 10.6 Å². The molecule has 1 aliphatic rings. The molecule has 9 heteroatoms. The lowest BCUT2D eigenvalue weighted by Crippen LogP contribution is -2.27. The average Bonchev–Trinajstić information content (AvgIpc) is 3.29. The van der Waals surface area contributed by atoms with Gasteiger partial charge in [-0.15, -0.1) is 11.8 Å². The van der Waals surface area contributed by atoms with E-state index in [0.717, 1.165) is 11.1 Å². The van der Waals surface area contributed by atoms with E-state index in [1.54, 1.807) is 66.4 Å². The Labute approximate surface area is 225 Å². The molecule has 0 bridgehead atoms. The smallest absolute Gasteiger partial charge is 0.261 e. The number of benzene rings is 4. The fraction of sp³-hybridized carbons (Fsp3) is 0.103. The van der Waals surface area contributed by atoms with E-state index < -0.39 is 10.0 Å². The second-order valence-electron chi connectivity index (χ2n) is 8.74. The van der Waals surface area contributed by atoms with Gasteiger partial charge < -0.3 is 10.2 Å². The third kappa shape index (κ3) is 5.90. The number of amides is 2. The fourth-order valence-electron chi connectivity index (χ4n) is 4.12. The van der Waals surface area contributed by atoms with Gasteiger partial charge in [0.15, 0.2) is 0 Å². The van der Waals surface area contributed by atoms with Crippen molar-refractivity contribution >= 4 is 45.0 Å². The Kier molecular flexibility index (Phi) is 7.48. The first kappa shape index (κ1) is 25.6. The Morgan fingerprint density at radius 2 is 1.45 bits per heavy atom. The van der Waals surface area contributed by atoms with Crippen molar-refractivity contribution in [2.45, 2.75) is 16.8 Å². The molecule has 0 radical (unpaired) electrons. The van der Waals surface area contributed by atoms with E-state index in [0.29, 0.717) is 29.2 Å². The molecule has 5 rings (SSSR count). The molecule has 0 saturated carbocycles. The molecule has 38 heavy (non-hydrogen) atoms. The molecular formula is C29H25N3O4S2. The van der Waals surface area contributed by atoms with Crippen LogP contribution < -0.4 is 10.0 Å². The number of para-hydroxylation sites is 1. The van der Waals surface area contributed by atoms with Gasteiger partial charge in [-0.1, -0.05) is 60.7 Å². The van der Waals surface area contributed by atoms with E-state index in [9.17, 15) is 18.0 Å². The first-order chi connectivity index (χ1) is 18.4. The minimum Gasteiger partial charge on any atom is -0.322 e. The van der Waals surface area contributed by atoms with E-state index >= 15 is 0 Å². The third-order valence-corrected chi connectivity index (χ3v) is 8.72. The quantitative estimate of drug-likeness (QED) is 0.305. The number of hydrogen-bond acceptors (Lipinski definition) is 5. The minimum absolute atomic E-state index is 0.0902. The van der Waals surface area contributed by atoms with E-state index in [2.05, 4.69) is 10.0 Å². The molecule has 1 fully saturated rings. The van der Waals surface area contributed by atoms with Crippen molar-refractivity contribution in [3.8, 4) is 0 Å². The Morgan fingerprint density at radius 3 is 2.11 bits per heavy atom. The molecule has 1 aliphatic heterocycles. The summed E-state index contributed by atoms with van der Waals surface area (Å²) < 4.78 is 27.8.